The Morgan fingerprint density at radius 1 is 0.281 bits per heavy atom. The highest BCUT2D eigenvalue weighted by Crippen LogP contribution is 2.34. The number of benzene rings is 1. The number of nitrogens with zero attached hydrogens (tertiary/aromatic N) is 6. The summed E-state index contributed by atoms with van der Waals surface area (Å²) in [4.78, 5) is 14.9. The van der Waals surface area contributed by atoms with E-state index in [0.29, 0.717) is 0 Å². The van der Waals surface area contributed by atoms with Crippen LogP contribution in [0.15, 0.2) is 55.4 Å². The lowest BCUT2D eigenvalue weighted by molar-refractivity contribution is 0.386. The van der Waals surface area contributed by atoms with Gasteiger partial charge in [0.1, 0.15) is 0 Å². The molecule has 0 saturated heterocycles. The van der Waals surface area contributed by atoms with Gasteiger partial charge in [-0.25, -0.2) is 0 Å². The Hall–Kier alpha value is -2.76. The van der Waals surface area contributed by atoms with E-state index in [1.165, 1.54) is 210 Å². The van der Waals surface area contributed by atoms with Crippen LogP contribution in [0.5, 0.6) is 0 Å². The molecule has 1 aromatic rings. The molecule has 3 aliphatic heterocycles. The van der Waals surface area contributed by atoms with Gasteiger partial charge in [0.05, 0.1) is 20.0 Å². The van der Waals surface area contributed by atoms with Crippen molar-refractivity contribution in [1.29, 1.82) is 0 Å². The number of anilines is 3. The molecule has 324 valence electrons. The fraction of sp³-hybridized carbons (Fsp3) is 0.765. The zero-order valence-electron chi connectivity index (χ0n) is 37.8. The standard InChI is InChI=1S/C51H90N6/c1-4-7-10-13-16-19-22-25-28-31-34-52-37-40-55(46-52)49-43-50(56-41-38-53(47-56)35-32-29-26-23-20-17-14-11-8-5-2)45-51(44-49)57-42-39-54(48-57)36-33-30-27-24-21-18-15-12-9-6-3/h37-45H,4-36,46-48H2,1-3H3. The van der Waals surface area contributed by atoms with Crippen molar-refractivity contribution >= 4 is 17.1 Å². The van der Waals surface area contributed by atoms with Crippen LogP contribution in [0, 0.1) is 0 Å². The van der Waals surface area contributed by atoms with Gasteiger partial charge in [-0.3, -0.25) is 0 Å². The molecule has 0 fully saturated rings. The van der Waals surface area contributed by atoms with Crippen LogP contribution in [0.25, 0.3) is 0 Å². The third kappa shape index (κ3) is 19.7. The zero-order valence-corrected chi connectivity index (χ0v) is 37.8. The Bertz CT molecular complexity index is 1070. The minimum absolute atomic E-state index is 0.946. The monoisotopic (exact) mass is 787 g/mol. The van der Waals surface area contributed by atoms with Gasteiger partial charge in [-0.2, -0.15) is 0 Å². The van der Waals surface area contributed by atoms with Gasteiger partial charge in [-0.15, -0.1) is 0 Å². The SMILES string of the molecule is CCCCCCCCCCCCN1C=CN(c2cc(N3C=CN(CCCCCCCCCCCC)C3)cc(N3C=CN(CCCCCCCCCCCC)C3)c2)C1. The van der Waals surface area contributed by atoms with Crippen LogP contribution < -0.4 is 14.7 Å². The van der Waals surface area contributed by atoms with E-state index in [2.05, 4.69) is 106 Å². The molecule has 0 radical (unpaired) electrons. The van der Waals surface area contributed by atoms with Crippen LogP contribution in [0.4, 0.5) is 17.1 Å². The van der Waals surface area contributed by atoms with Gasteiger partial charge in [0.25, 0.3) is 0 Å². The summed E-state index contributed by atoms with van der Waals surface area (Å²) < 4.78 is 0. The molecule has 3 aliphatic rings. The van der Waals surface area contributed by atoms with E-state index in [0.717, 1.165) is 39.6 Å². The first-order chi connectivity index (χ1) is 28.2. The van der Waals surface area contributed by atoms with Crippen LogP contribution >= 0.6 is 0 Å². The highest BCUT2D eigenvalue weighted by Gasteiger charge is 2.22. The maximum absolute atomic E-state index is 2.52. The van der Waals surface area contributed by atoms with Gasteiger partial charge in [-0.1, -0.05) is 194 Å². The molecule has 6 heteroatoms. The van der Waals surface area contributed by atoms with E-state index in [9.17, 15) is 0 Å². The summed E-state index contributed by atoms with van der Waals surface area (Å²) in [5.74, 6) is 0. The van der Waals surface area contributed by atoms with Crippen molar-refractivity contribution in [2.24, 2.45) is 0 Å². The molecule has 4 rings (SSSR count). The van der Waals surface area contributed by atoms with Gasteiger partial charge < -0.3 is 29.4 Å². The lowest BCUT2D eigenvalue weighted by atomic mass is 10.1. The summed E-state index contributed by atoms with van der Waals surface area (Å²) >= 11 is 0. The second-order valence-electron chi connectivity index (χ2n) is 17.9. The predicted octanol–water partition coefficient (Wildman–Crippen LogP) is 15.1. The quantitative estimate of drug-likeness (QED) is 0.0627. The molecule has 0 unspecified atom stereocenters. The highest BCUT2D eigenvalue weighted by atomic mass is 15.4. The van der Waals surface area contributed by atoms with Crippen LogP contribution in [0.2, 0.25) is 0 Å². The van der Waals surface area contributed by atoms with Gasteiger partial charge in [-0.05, 0) is 37.5 Å². The van der Waals surface area contributed by atoms with Crippen LogP contribution in [-0.4, -0.2) is 54.3 Å². The van der Waals surface area contributed by atoms with E-state index >= 15 is 0 Å². The molecular weight excluding hydrogens is 697 g/mol. The average molecular weight is 787 g/mol. The molecular formula is C51H90N6. The third-order valence-corrected chi connectivity index (χ3v) is 12.7. The fourth-order valence-corrected chi connectivity index (χ4v) is 8.82. The second kappa shape index (κ2) is 30.3. The number of hydrogen-bond donors (Lipinski definition) is 0. The number of hydrogen-bond acceptors (Lipinski definition) is 6. The maximum atomic E-state index is 2.52. The van der Waals surface area contributed by atoms with E-state index in [1.54, 1.807) is 0 Å². The Morgan fingerprint density at radius 3 is 0.719 bits per heavy atom. The Kier molecular flexibility index (Phi) is 24.9. The van der Waals surface area contributed by atoms with Crippen molar-refractivity contribution in [3.05, 3.63) is 55.4 Å². The summed E-state index contributed by atoms with van der Waals surface area (Å²) in [6.45, 7) is 13.2. The number of rotatable bonds is 36. The van der Waals surface area contributed by atoms with Gasteiger partial charge >= 0.3 is 0 Å². The molecule has 0 saturated carbocycles. The first-order valence-electron chi connectivity index (χ1n) is 24.9. The molecule has 3 heterocycles. The topological polar surface area (TPSA) is 19.4 Å². The lowest BCUT2D eigenvalue weighted by Gasteiger charge is -2.28. The van der Waals surface area contributed by atoms with Crippen molar-refractivity contribution in [2.45, 2.75) is 213 Å². The van der Waals surface area contributed by atoms with Gasteiger partial charge in [0, 0.05) is 73.9 Å². The van der Waals surface area contributed by atoms with Crippen LogP contribution in [-0.2, 0) is 0 Å². The molecule has 0 bridgehead atoms. The molecule has 0 atom stereocenters. The molecule has 57 heavy (non-hydrogen) atoms. The fourth-order valence-electron chi connectivity index (χ4n) is 8.82. The van der Waals surface area contributed by atoms with Crippen molar-refractivity contribution in [1.82, 2.24) is 14.7 Å². The highest BCUT2D eigenvalue weighted by molar-refractivity contribution is 5.72. The largest absolute Gasteiger partial charge is 0.358 e. The minimum atomic E-state index is 0.946. The van der Waals surface area contributed by atoms with E-state index in [4.69, 9.17) is 0 Å². The van der Waals surface area contributed by atoms with Crippen LogP contribution in [0.1, 0.15) is 213 Å². The predicted molar refractivity (Wildman–Crippen MR) is 252 cm³/mol. The molecule has 0 spiro atoms. The van der Waals surface area contributed by atoms with Gasteiger partial charge in [0.15, 0.2) is 0 Å². The zero-order chi connectivity index (χ0) is 40.0. The van der Waals surface area contributed by atoms with Crippen molar-refractivity contribution < 1.29 is 0 Å². The van der Waals surface area contributed by atoms with Crippen molar-refractivity contribution in [2.75, 3.05) is 54.3 Å². The van der Waals surface area contributed by atoms with E-state index in [1.807, 2.05) is 0 Å². The third-order valence-electron chi connectivity index (χ3n) is 12.7. The Morgan fingerprint density at radius 2 is 0.491 bits per heavy atom. The van der Waals surface area contributed by atoms with E-state index < -0.39 is 0 Å². The summed E-state index contributed by atoms with van der Waals surface area (Å²) in [7, 11) is 0. The van der Waals surface area contributed by atoms with Gasteiger partial charge in [0.2, 0.25) is 0 Å². The first kappa shape index (κ1) is 46.9. The Balaban J connectivity index is 1.23. The molecule has 0 aromatic heterocycles. The molecule has 0 aliphatic carbocycles. The van der Waals surface area contributed by atoms with E-state index in [-0.39, 0.29) is 0 Å². The summed E-state index contributed by atoms with van der Waals surface area (Å²) in [6.07, 6.45) is 55.7. The summed E-state index contributed by atoms with van der Waals surface area (Å²) in [6, 6.07) is 7.27. The number of unbranched alkanes of at least 4 members (excludes halogenated alkanes) is 27. The van der Waals surface area contributed by atoms with Crippen molar-refractivity contribution in [3.8, 4) is 0 Å². The minimum Gasteiger partial charge on any atom is -0.358 e. The molecule has 0 N–H and O–H groups in total. The second-order valence-corrected chi connectivity index (χ2v) is 17.9. The maximum Gasteiger partial charge on any atom is 0.0941 e. The normalized spacial score (nSPS) is 15.2. The molecule has 0 amide bonds. The average Bonchev–Trinajstić information content (AvgIpc) is 4.02. The lowest BCUT2D eigenvalue weighted by Crippen LogP contribution is -2.28. The first-order valence-corrected chi connectivity index (χ1v) is 24.9. The summed E-state index contributed by atoms with van der Waals surface area (Å²) in [5, 5.41) is 0. The molecule has 6 nitrogen and oxygen atoms in total. The Labute approximate surface area is 353 Å². The van der Waals surface area contributed by atoms with Crippen LogP contribution in [0.3, 0.4) is 0 Å². The summed E-state index contributed by atoms with van der Waals surface area (Å²) in [5.41, 5.74) is 3.90. The molecule has 1 aromatic carbocycles. The smallest absolute Gasteiger partial charge is 0.0941 e. The van der Waals surface area contributed by atoms with Crippen molar-refractivity contribution in [3.63, 3.8) is 0 Å².